The van der Waals surface area contributed by atoms with E-state index >= 15 is 0 Å². The van der Waals surface area contributed by atoms with Crippen LogP contribution in [-0.2, 0) is 59.0 Å². The molecule has 0 saturated carbocycles. The van der Waals surface area contributed by atoms with Crippen molar-refractivity contribution in [3.63, 3.8) is 0 Å². The topological polar surface area (TPSA) is 160 Å². The van der Waals surface area contributed by atoms with Gasteiger partial charge in [0.25, 0.3) is 0 Å². The number of aryl methyl sites for hydroxylation is 4. The lowest BCUT2D eigenvalue weighted by atomic mass is 9.80. The van der Waals surface area contributed by atoms with E-state index in [0.29, 0.717) is 50.5 Å². The fraction of sp³-hybridized carbons (Fsp3) is 0.400. The van der Waals surface area contributed by atoms with Crippen molar-refractivity contribution in [3.05, 3.63) is 141 Å². The van der Waals surface area contributed by atoms with Crippen LogP contribution in [0.5, 0.6) is 0 Å². The van der Waals surface area contributed by atoms with E-state index in [1.165, 1.54) is 30.0 Å². The lowest BCUT2D eigenvalue weighted by Gasteiger charge is -2.37. The second-order valence-corrected chi connectivity index (χ2v) is 21.1. The van der Waals surface area contributed by atoms with Gasteiger partial charge in [-0.25, -0.2) is 4.79 Å². The summed E-state index contributed by atoms with van der Waals surface area (Å²) in [4.78, 5) is 78.8. The van der Waals surface area contributed by atoms with Gasteiger partial charge in [-0.2, -0.15) is 10.2 Å². The van der Waals surface area contributed by atoms with Crippen LogP contribution >= 0.6 is 11.6 Å². The van der Waals surface area contributed by atoms with Crippen LogP contribution in [0.25, 0.3) is 34.0 Å². The third-order valence-corrected chi connectivity index (χ3v) is 15.8. The quantitative estimate of drug-likeness (QED) is 0.104. The van der Waals surface area contributed by atoms with Crippen LogP contribution in [-0.4, -0.2) is 121 Å². The van der Waals surface area contributed by atoms with E-state index in [9.17, 15) is 28.8 Å². The number of rotatable bonds is 10. The highest BCUT2D eigenvalue weighted by Crippen LogP contribution is 2.34. The van der Waals surface area contributed by atoms with Crippen molar-refractivity contribution in [2.24, 2.45) is 25.9 Å². The minimum absolute atomic E-state index is 0.0358. The predicted molar refractivity (Wildman–Crippen MR) is 296 cm³/mol. The number of urea groups is 1. The number of halogens is 1. The number of allylic oxidation sites excluding steroid dienone is 2. The molecule has 392 valence electrons. The summed E-state index contributed by atoms with van der Waals surface area (Å²) in [5.41, 5.74) is 12.9. The number of ketones is 4. The molecule has 2 atom stereocenters. The molecule has 0 spiro atoms. The molecule has 2 aromatic heterocycles. The van der Waals surface area contributed by atoms with Gasteiger partial charge in [0, 0.05) is 77.7 Å². The molecule has 6 aromatic rings. The molecular formula is C60H69ClN8O6. The normalized spacial score (nSPS) is 16.6. The predicted octanol–water partition coefficient (Wildman–Crippen LogP) is 9.22. The van der Waals surface area contributed by atoms with E-state index in [4.69, 9.17) is 11.6 Å². The number of amides is 3. The maximum atomic E-state index is 13.4. The maximum absolute atomic E-state index is 13.4. The van der Waals surface area contributed by atoms with Gasteiger partial charge in [-0.1, -0.05) is 60.7 Å². The molecule has 2 saturated heterocycles. The summed E-state index contributed by atoms with van der Waals surface area (Å²) in [6.07, 6.45) is 13.4. The van der Waals surface area contributed by atoms with Crippen LogP contribution in [0.15, 0.2) is 96.3 Å². The molecule has 4 aliphatic rings. The number of hydrogen-bond donors (Lipinski definition) is 1. The Labute approximate surface area is 444 Å². The Kier molecular flexibility index (Phi) is 17.1. The molecule has 2 aliphatic carbocycles. The van der Waals surface area contributed by atoms with Crippen LogP contribution in [0.4, 0.5) is 9.59 Å². The van der Waals surface area contributed by atoms with E-state index < -0.39 is 17.5 Å². The van der Waals surface area contributed by atoms with E-state index in [0.717, 1.165) is 105 Å². The number of nitrogens with zero attached hydrogens (tertiary/aromatic N) is 7. The second-order valence-electron chi connectivity index (χ2n) is 20.7. The number of Topliss-reactive ketones (excluding diaryl/α,β-unsaturated/α-hetero) is 4. The van der Waals surface area contributed by atoms with Crippen LogP contribution in [0.2, 0.25) is 0 Å². The Balaban J connectivity index is 0.000000165. The highest BCUT2D eigenvalue weighted by Gasteiger charge is 2.34. The highest BCUT2D eigenvalue weighted by molar-refractivity contribution is 6.62. The molecule has 4 heterocycles. The standard InChI is InChI=1S/C30H34N4O3.C15H18ClN3O2.C15H17NO/c1-19-13-21(14-25-18-31-33(4)29(19)25)15-27(20(2)35)32(3)30(37)34-11-9-22(10-12-34)26-16-23-7-5-6-8-24(23)17-28(26)36;1-9-5-11(6-12-8-17-19(4)14(9)12)7-13(10(2)20)18(3)15(16)21;17-15-10-13-4-2-1-3-12(13)9-14(15)11-5-7-16-8-6-11/h5-8,13-14,16,18,22,27H,9-12,15,17H2,1-4H3;5-6,8,13H,7H2,1-4H3;1-4,9,11,16H,5-8,10H2/t27-;13-;/m11./s1. The van der Waals surface area contributed by atoms with Gasteiger partial charge >= 0.3 is 11.4 Å². The van der Waals surface area contributed by atoms with Crippen molar-refractivity contribution in [2.75, 3.05) is 40.3 Å². The number of benzene rings is 4. The molecule has 75 heavy (non-hydrogen) atoms. The first-order valence-electron chi connectivity index (χ1n) is 26.0. The van der Waals surface area contributed by atoms with Gasteiger partial charge in [0.2, 0.25) is 0 Å². The average molecular weight is 1030 g/mol. The van der Waals surface area contributed by atoms with Crippen LogP contribution in [0.3, 0.4) is 0 Å². The summed E-state index contributed by atoms with van der Waals surface area (Å²) in [6, 6.07) is 23.2. The molecule has 2 aliphatic heterocycles. The van der Waals surface area contributed by atoms with Crippen LogP contribution in [0.1, 0.15) is 84.0 Å². The SMILES string of the molecule is CC(=O)[C@@H](Cc1cc(C)c2c(cnn2C)c1)N(C)C(=O)Cl.CC(=O)[C@@H](Cc1cc(C)c2c(cnn2C)c1)N(C)C(=O)N1CCC(C2=Cc3ccccc3CC2=O)CC1.O=C1Cc2ccccc2C=C1C1CCNCC1. The Bertz CT molecular complexity index is 3230. The third kappa shape index (κ3) is 12.4. The zero-order chi connectivity index (χ0) is 53.7. The molecule has 15 heteroatoms. The molecule has 0 radical (unpaired) electrons. The monoisotopic (exact) mass is 1030 g/mol. The van der Waals surface area contributed by atoms with Gasteiger partial charge < -0.3 is 20.0 Å². The minimum atomic E-state index is -0.630. The van der Waals surface area contributed by atoms with Crippen molar-refractivity contribution < 1.29 is 28.8 Å². The first kappa shape index (κ1) is 54.2. The fourth-order valence-corrected chi connectivity index (χ4v) is 11.6. The van der Waals surface area contributed by atoms with Gasteiger partial charge in [-0.15, -0.1) is 0 Å². The number of hydrogen-bond acceptors (Lipinski definition) is 9. The average Bonchev–Trinajstić information content (AvgIpc) is 3.98. The summed E-state index contributed by atoms with van der Waals surface area (Å²) in [5, 5.41) is 13.4. The Morgan fingerprint density at radius 2 is 1.08 bits per heavy atom. The van der Waals surface area contributed by atoms with E-state index in [1.807, 2.05) is 96.9 Å². The summed E-state index contributed by atoms with van der Waals surface area (Å²) in [5.74, 6) is 1.03. The van der Waals surface area contributed by atoms with Gasteiger partial charge in [0.1, 0.15) is 0 Å². The van der Waals surface area contributed by atoms with Crippen LogP contribution in [0, 0.1) is 25.7 Å². The maximum Gasteiger partial charge on any atom is 0.320 e. The van der Waals surface area contributed by atoms with Gasteiger partial charge in [0.05, 0.1) is 35.5 Å². The van der Waals surface area contributed by atoms with Crippen molar-refractivity contribution in [1.82, 2.24) is 39.6 Å². The Hall–Kier alpha value is -7.03. The lowest BCUT2D eigenvalue weighted by Crippen LogP contribution is -2.51. The molecule has 2 fully saturated rings. The summed E-state index contributed by atoms with van der Waals surface area (Å²) in [6.45, 7) is 10.3. The lowest BCUT2D eigenvalue weighted by molar-refractivity contribution is -0.121. The highest BCUT2D eigenvalue weighted by atomic mass is 35.5. The van der Waals surface area contributed by atoms with Gasteiger partial charge in [0.15, 0.2) is 23.1 Å². The molecular weight excluding hydrogens is 964 g/mol. The number of likely N-dealkylation sites (N-methyl/N-ethyl adjacent to an activating group) is 2. The number of carbonyl (C=O) groups excluding carboxylic acids is 6. The number of fused-ring (bicyclic) bond motifs is 4. The summed E-state index contributed by atoms with van der Waals surface area (Å²) >= 11 is 5.48. The molecule has 0 unspecified atom stereocenters. The first-order chi connectivity index (χ1) is 35.9. The summed E-state index contributed by atoms with van der Waals surface area (Å²) < 4.78 is 3.68. The fourth-order valence-electron chi connectivity index (χ4n) is 11.5. The molecule has 0 bridgehead atoms. The van der Waals surface area contributed by atoms with Crippen molar-refractivity contribution >= 4 is 80.1 Å². The zero-order valence-electron chi connectivity index (χ0n) is 44.5. The number of nitrogens with one attached hydrogen (secondary N) is 1. The van der Waals surface area contributed by atoms with E-state index in [-0.39, 0.29) is 29.3 Å². The molecule has 3 amide bonds. The van der Waals surface area contributed by atoms with Crippen LogP contribution < -0.4 is 5.32 Å². The van der Waals surface area contributed by atoms with Gasteiger partial charge in [-0.05, 0) is 170 Å². The molecule has 4 aromatic carbocycles. The smallest absolute Gasteiger partial charge is 0.320 e. The van der Waals surface area contributed by atoms with Crippen molar-refractivity contribution in [3.8, 4) is 0 Å². The number of carbonyl (C=O) groups is 6. The van der Waals surface area contributed by atoms with E-state index in [2.05, 4.69) is 51.9 Å². The zero-order valence-corrected chi connectivity index (χ0v) is 45.2. The molecule has 10 rings (SSSR count). The minimum Gasteiger partial charge on any atom is -0.325 e. The largest absolute Gasteiger partial charge is 0.325 e. The van der Waals surface area contributed by atoms with Crippen molar-refractivity contribution in [1.29, 1.82) is 0 Å². The first-order valence-corrected chi connectivity index (χ1v) is 26.4. The number of aromatic nitrogens is 4. The van der Waals surface area contributed by atoms with E-state index in [1.54, 1.807) is 25.1 Å². The second kappa shape index (κ2) is 23.7. The Morgan fingerprint density at radius 3 is 1.52 bits per heavy atom. The third-order valence-electron chi connectivity index (χ3n) is 15.5. The van der Waals surface area contributed by atoms with Crippen molar-refractivity contribution in [2.45, 2.75) is 91.1 Å². The summed E-state index contributed by atoms with van der Waals surface area (Å²) in [7, 11) is 7.08. The number of piperidine rings is 2. The Morgan fingerprint density at radius 1 is 0.653 bits per heavy atom. The number of likely N-dealkylation sites (tertiary alicyclic amines) is 1. The molecule has 1 N–H and O–H groups in total. The molecule has 14 nitrogen and oxygen atoms in total. The van der Waals surface area contributed by atoms with Gasteiger partial charge in [-0.3, -0.25) is 33.3 Å².